The molecule has 0 fully saturated rings. The number of anilines is 1. The van der Waals surface area contributed by atoms with Crippen molar-refractivity contribution in [3.8, 4) is 0 Å². The van der Waals surface area contributed by atoms with Crippen LogP contribution in [0.1, 0.15) is 41.5 Å². The summed E-state index contributed by atoms with van der Waals surface area (Å²) in [6.45, 7) is 10.6. The predicted octanol–water partition coefficient (Wildman–Crippen LogP) is 3.89. The number of nitrogens with zero attached hydrogens (tertiary/aromatic N) is 2. The lowest BCUT2D eigenvalue weighted by molar-refractivity contribution is -0.118. The van der Waals surface area contributed by atoms with Gasteiger partial charge in [-0.05, 0) is 58.2 Å². The molecule has 1 heterocycles. The van der Waals surface area contributed by atoms with E-state index in [1.54, 1.807) is 0 Å². The average molecular weight is 300 g/mol. The second kappa shape index (κ2) is 6.77. The molecule has 4 nitrogen and oxygen atoms in total. The van der Waals surface area contributed by atoms with Crippen molar-refractivity contribution >= 4 is 11.6 Å². The van der Waals surface area contributed by atoms with Crippen LogP contribution in [0.3, 0.4) is 0 Å². The van der Waals surface area contributed by atoms with Crippen molar-refractivity contribution in [3.05, 3.63) is 46.3 Å². The minimum absolute atomic E-state index is 0.135. The fourth-order valence-corrected chi connectivity index (χ4v) is 2.72. The van der Waals surface area contributed by atoms with Gasteiger partial charge in [-0.25, -0.2) is 0 Å². The third-order valence-electron chi connectivity index (χ3n) is 4.04. The van der Waals surface area contributed by atoms with E-state index in [9.17, 15) is 4.79 Å². The predicted molar refractivity (Wildman–Crippen MR) is 88.2 cm³/mol. The van der Waals surface area contributed by atoms with E-state index in [2.05, 4.69) is 23.4 Å². The van der Waals surface area contributed by atoms with Crippen LogP contribution in [0.2, 0.25) is 0 Å². The topological polar surface area (TPSA) is 46.3 Å². The van der Waals surface area contributed by atoms with Crippen molar-refractivity contribution in [3.63, 3.8) is 0 Å². The van der Waals surface area contributed by atoms with Crippen molar-refractivity contribution in [1.29, 1.82) is 0 Å². The van der Waals surface area contributed by atoms with E-state index < -0.39 is 0 Å². The van der Waals surface area contributed by atoms with Crippen molar-refractivity contribution in [1.82, 2.24) is 5.16 Å². The molecule has 0 unspecified atom stereocenters. The molecule has 0 aliphatic heterocycles. The number of rotatable bonds is 5. The summed E-state index contributed by atoms with van der Waals surface area (Å²) in [6, 6.07) is 6.21. The Bertz CT molecular complexity index is 654. The first-order chi connectivity index (χ1) is 10.4. The van der Waals surface area contributed by atoms with Gasteiger partial charge in [0, 0.05) is 24.2 Å². The molecule has 0 atom stereocenters. The molecule has 0 spiro atoms. The third-order valence-corrected chi connectivity index (χ3v) is 4.04. The highest BCUT2D eigenvalue weighted by molar-refractivity contribution is 5.94. The van der Waals surface area contributed by atoms with Gasteiger partial charge in [0.15, 0.2) is 0 Å². The van der Waals surface area contributed by atoms with Crippen molar-refractivity contribution < 1.29 is 9.32 Å². The van der Waals surface area contributed by atoms with Crippen LogP contribution in [-0.2, 0) is 11.2 Å². The molecule has 22 heavy (non-hydrogen) atoms. The lowest BCUT2D eigenvalue weighted by atomic mass is 10.1. The molecule has 0 aliphatic rings. The number of amides is 1. The fraction of sp³-hybridized carbons (Fsp3) is 0.444. The molecule has 118 valence electrons. The minimum Gasteiger partial charge on any atom is -0.361 e. The summed E-state index contributed by atoms with van der Waals surface area (Å²) in [5.41, 5.74) is 5.22. The molecule has 0 bridgehead atoms. The zero-order valence-electron chi connectivity index (χ0n) is 14.1. The first-order valence-corrected chi connectivity index (χ1v) is 7.73. The maximum Gasteiger partial charge on any atom is 0.227 e. The SMILES string of the molecule is CCN(C(=O)CCc1c(C)noc1C)c1cc(C)ccc1C. The molecule has 0 saturated carbocycles. The minimum atomic E-state index is 0.135. The molecule has 0 aliphatic carbocycles. The van der Waals surface area contributed by atoms with Crippen LogP contribution in [0.4, 0.5) is 5.69 Å². The van der Waals surface area contributed by atoms with Crippen LogP contribution in [-0.4, -0.2) is 17.6 Å². The monoisotopic (exact) mass is 300 g/mol. The molecule has 0 N–H and O–H groups in total. The largest absolute Gasteiger partial charge is 0.361 e. The normalized spacial score (nSPS) is 10.8. The number of benzene rings is 1. The van der Waals surface area contributed by atoms with Crippen molar-refractivity contribution in [2.75, 3.05) is 11.4 Å². The second-order valence-corrected chi connectivity index (χ2v) is 5.73. The van der Waals surface area contributed by atoms with Gasteiger partial charge < -0.3 is 9.42 Å². The van der Waals surface area contributed by atoms with Crippen LogP contribution < -0.4 is 4.90 Å². The molecule has 2 aromatic rings. The lowest BCUT2D eigenvalue weighted by Crippen LogP contribution is -2.31. The van der Waals surface area contributed by atoms with Gasteiger partial charge in [-0.3, -0.25) is 4.79 Å². The van der Waals surface area contributed by atoms with E-state index in [4.69, 9.17) is 4.52 Å². The quantitative estimate of drug-likeness (QED) is 0.841. The van der Waals surface area contributed by atoms with Gasteiger partial charge in [-0.15, -0.1) is 0 Å². The summed E-state index contributed by atoms with van der Waals surface area (Å²) in [6.07, 6.45) is 1.13. The Morgan fingerprint density at radius 3 is 2.55 bits per heavy atom. The molecule has 0 radical (unpaired) electrons. The first kappa shape index (κ1) is 16.3. The molecular formula is C18H24N2O2. The molecule has 1 aromatic heterocycles. The van der Waals surface area contributed by atoms with Crippen molar-refractivity contribution in [2.45, 2.75) is 47.5 Å². The van der Waals surface area contributed by atoms with Crippen LogP contribution in [0.15, 0.2) is 22.7 Å². The van der Waals surface area contributed by atoms with Gasteiger partial charge in [0.05, 0.1) is 5.69 Å². The van der Waals surface area contributed by atoms with Gasteiger partial charge in [-0.1, -0.05) is 17.3 Å². The van der Waals surface area contributed by atoms with Crippen molar-refractivity contribution in [2.24, 2.45) is 0 Å². The van der Waals surface area contributed by atoms with Gasteiger partial charge in [0.2, 0.25) is 5.91 Å². The smallest absolute Gasteiger partial charge is 0.227 e. The number of carbonyl (C=O) groups is 1. The Morgan fingerprint density at radius 2 is 1.95 bits per heavy atom. The molecule has 1 aromatic carbocycles. The molecule has 2 rings (SSSR count). The summed E-state index contributed by atoms with van der Waals surface area (Å²) >= 11 is 0. The second-order valence-electron chi connectivity index (χ2n) is 5.73. The summed E-state index contributed by atoms with van der Waals surface area (Å²) in [5.74, 6) is 0.941. The molecule has 4 heteroatoms. The van der Waals surface area contributed by atoms with Crippen LogP contribution >= 0.6 is 0 Å². The zero-order valence-corrected chi connectivity index (χ0v) is 14.1. The Kier molecular flexibility index (Phi) is 5.01. The number of hydrogen-bond donors (Lipinski definition) is 0. The van der Waals surface area contributed by atoms with Gasteiger partial charge >= 0.3 is 0 Å². The van der Waals surface area contributed by atoms with E-state index in [0.717, 1.165) is 33.8 Å². The van der Waals surface area contributed by atoms with Crippen LogP contribution in [0.5, 0.6) is 0 Å². The van der Waals surface area contributed by atoms with E-state index in [1.165, 1.54) is 0 Å². The zero-order chi connectivity index (χ0) is 16.3. The standard InChI is InChI=1S/C18H24N2O2/c1-6-20(17-11-12(2)7-8-13(17)3)18(21)10-9-16-14(4)19-22-15(16)5/h7-8,11H,6,9-10H2,1-5H3. The van der Waals surface area contributed by atoms with Crippen LogP contribution in [0.25, 0.3) is 0 Å². The van der Waals surface area contributed by atoms with E-state index in [1.807, 2.05) is 39.5 Å². The fourth-order valence-electron chi connectivity index (χ4n) is 2.72. The van der Waals surface area contributed by atoms with Crippen LogP contribution in [0, 0.1) is 27.7 Å². The number of carbonyl (C=O) groups excluding carboxylic acids is 1. The average Bonchev–Trinajstić information content (AvgIpc) is 2.80. The van der Waals surface area contributed by atoms with Gasteiger partial charge in [0.1, 0.15) is 5.76 Å². The highest BCUT2D eigenvalue weighted by Gasteiger charge is 2.18. The maximum absolute atomic E-state index is 12.6. The summed E-state index contributed by atoms with van der Waals surface area (Å²) in [5, 5.41) is 3.94. The van der Waals surface area contributed by atoms with E-state index >= 15 is 0 Å². The number of hydrogen-bond acceptors (Lipinski definition) is 3. The van der Waals surface area contributed by atoms with Gasteiger partial charge in [0.25, 0.3) is 0 Å². The van der Waals surface area contributed by atoms with Gasteiger partial charge in [-0.2, -0.15) is 0 Å². The Labute approximate surface area is 132 Å². The number of aryl methyl sites for hydroxylation is 4. The highest BCUT2D eigenvalue weighted by Crippen LogP contribution is 2.23. The lowest BCUT2D eigenvalue weighted by Gasteiger charge is -2.23. The maximum atomic E-state index is 12.6. The first-order valence-electron chi connectivity index (χ1n) is 7.73. The number of aromatic nitrogens is 1. The molecule has 0 saturated heterocycles. The Morgan fingerprint density at radius 1 is 1.23 bits per heavy atom. The summed E-state index contributed by atoms with van der Waals surface area (Å²) in [7, 11) is 0. The summed E-state index contributed by atoms with van der Waals surface area (Å²) in [4.78, 5) is 14.5. The highest BCUT2D eigenvalue weighted by atomic mass is 16.5. The molecule has 1 amide bonds. The third kappa shape index (κ3) is 3.38. The Hall–Kier alpha value is -2.10. The summed E-state index contributed by atoms with van der Waals surface area (Å²) < 4.78 is 5.16. The molecular weight excluding hydrogens is 276 g/mol. The van der Waals surface area contributed by atoms with E-state index in [0.29, 0.717) is 19.4 Å². The Balaban J connectivity index is 2.14. The van der Waals surface area contributed by atoms with E-state index in [-0.39, 0.29) is 5.91 Å².